The normalized spacial score (nSPS) is 20.9. The van der Waals surface area contributed by atoms with E-state index in [0.29, 0.717) is 5.69 Å². The van der Waals surface area contributed by atoms with Crippen molar-refractivity contribution in [1.29, 1.82) is 0 Å². The monoisotopic (exact) mass is 298 g/mol. The van der Waals surface area contributed by atoms with E-state index < -0.39 is 11.6 Å². The van der Waals surface area contributed by atoms with Gasteiger partial charge >= 0.3 is 6.18 Å². The van der Waals surface area contributed by atoms with Crippen molar-refractivity contribution in [2.24, 2.45) is 0 Å². The van der Waals surface area contributed by atoms with E-state index in [2.05, 4.69) is 10.3 Å². The number of nitrogens with zero attached hydrogens (tertiary/aromatic N) is 1. The lowest BCUT2D eigenvalue weighted by Gasteiger charge is -2.39. The standard InChI is InChI=1S/C14H10ClF3N2/c1-13(14(16,17)18)9-3-2-6-19-12(9)20-11-5-4-8(15)7-10(11)13/h2-7H,1H3,(H,19,20). The highest BCUT2D eigenvalue weighted by Gasteiger charge is 2.57. The third kappa shape index (κ3) is 1.69. The van der Waals surface area contributed by atoms with Crippen LogP contribution in [0.15, 0.2) is 36.5 Å². The van der Waals surface area contributed by atoms with E-state index in [4.69, 9.17) is 11.6 Å². The molecule has 1 aromatic heterocycles. The fraction of sp³-hybridized carbons (Fsp3) is 0.214. The van der Waals surface area contributed by atoms with Crippen molar-refractivity contribution in [2.45, 2.75) is 18.5 Å². The number of hydrogen-bond donors (Lipinski definition) is 1. The number of pyridine rings is 1. The van der Waals surface area contributed by atoms with E-state index in [1.165, 1.54) is 24.4 Å². The zero-order valence-corrected chi connectivity index (χ0v) is 11.2. The van der Waals surface area contributed by atoms with Crippen molar-refractivity contribution in [3.8, 4) is 0 Å². The van der Waals surface area contributed by atoms with E-state index in [1.807, 2.05) is 0 Å². The number of hydrogen-bond acceptors (Lipinski definition) is 2. The average molecular weight is 299 g/mol. The minimum absolute atomic E-state index is 0.0993. The summed E-state index contributed by atoms with van der Waals surface area (Å²) in [6.45, 7) is 1.16. The maximum absolute atomic E-state index is 13.7. The Labute approximate surface area is 118 Å². The van der Waals surface area contributed by atoms with Gasteiger partial charge in [0.2, 0.25) is 0 Å². The average Bonchev–Trinajstić information content (AvgIpc) is 2.39. The second-order valence-corrected chi connectivity index (χ2v) is 5.27. The lowest BCUT2D eigenvalue weighted by molar-refractivity contribution is -0.173. The molecule has 3 rings (SSSR count). The molecule has 1 N–H and O–H groups in total. The summed E-state index contributed by atoms with van der Waals surface area (Å²) in [7, 11) is 0. The number of halogens is 4. The van der Waals surface area contributed by atoms with Gasteiger partial charge in [0.15, 0.2) is 0 Å². The Balaban J connectivity index is 2.36. The molecule has 1 aliphatic rings. The molecular weight excluding hydrogens is 289 g/mol. The first kappa shape index (κ1) is 13.2. The highest BCUT2D eigenvalue weighted by Crippen LogP contribution is 2.53. The van der Waals surface area contributed by atoms with Crippen molar-refractivity contribution in [1.82, 2.24) is 4.98 Å². The van der Waals surface area contributed by atoms with Crippen LogP contribution in [0.3, 0.4) is 0 Å². The number of anilines is 2. The maximum Gasteiger partial charge on any atom is 0.402 e. The lowest BCUT2D eigenvalue weighted by atomic mass is 9.73. The minimum Gasteiger partial charge on any atom is -0.340 e. The van der Waals surface area contributed by atoms with E-state index in [-0.39, 0.29) is 22.0 Å². The van der Waals surface area contributed by atoms with Crippen LogP contribution in [0.25, 0.3) is 0 Å². The van der Waals surface area contributed by atoms with Crippen LogP contribution < -0.4 is 5.32 Å². The van der Waals surface area contributed by atoms with Gasteiger partial charge in [-0.2, -0.15) is 13.2 Å². The Bertz CT molecular complexity index is 684. The molecule has 1 atom stereocenters. The fourth-order valence-electron chi connectivity index (χ4n) is 2.53. The van der Waals surface area contributed by atoms with E-state index in [9.17, 15) is 13.2 Å². The van der Waals surface area contributed by atoms with Gasteiger partial charge in [0.25, 0.3) is 0 Å². The van der Waals surface area contributed by atoms with E-state index in [1.54, 1.807) is 12.1 Å². The number of nitrogens with one attached hydrogen (secondary N) is 1. The molecule has 0 fully saturated rings. The molecule has 104 valence electrons. The molecule has 6 heteroatoms. The van der Waals surface area contributed by atoms with Crippen LogP contribution in [0, 0.1) is 0 Å². The highest BCUT2D eigenvalue weighted by atomic mass is 35.5. The fourth-order valence-corrected chi connectivity index (χ4v) is 2.70. The van der Waals surface area contributed by atoms with Gasteiger partial charge in [-0.15, -0.1) is 0 Å². The molecule has 1 unspecified atom stereocenters. The van der Waals surface area contributed by atoms with Gasteiger partial charge in [-0.1, -0.05) is 17.7 Å². The Morgan fingerprint density at radius 1 is 1.20 bits per heavy atom. The Hall–Kier alpha value is -1.75. The molecule has 2 nitrogen and oxygen atoms in total. The number of fused-ring (bicyclic) bond motifs is 2. The second-order valence-electron chi connectivity index (χ2n) is 4.84. The summed E-state index contributed by atoms with van der Waals surface area (Å²) in [5, 5.41) is 3.20. The zero-order chi connectivity index (χ0) is 14.5. The maximum atomic E-state index is 13.7. The molecule has 0 saturated carbocycles. The van der Waals surface area contributed by atoms with Crippen molar-refractivity contribution in [2.75, 3.05) is 5.32 Å². The first-order valence-electron chi connectivity index (χ1n) is 5.93. The van der Waals surface area contributed by atoms with Gasteiger partial charge in [0, 0.05) is 22.5 Å². The summed E-state index contributed by atoms with van der Waals surface area (Å²) in [5.41, 5.74) is -1.55. The number of rotatable bonds is 0. The van der Waals surface area contributed by atoms with Gasteiger partial charge in [0.1, 0.15) is 11.2 Å². The van der Waals surface area contributed by atoms with E-state index >= 15 is 0 Å². The van der Waals surface area contributed by atoms with Gasteiger partial charge in [-0.05, 0) is 36.8 Å². The van der Waals surface area contributed by atoms with Crippen molar-refractivity contribution in [3.63, 3.8) is 0 Å². The van der Waals surface area contributed by atoms with Crippen molar-refractivity contribution in [3.05, 3.63) is 52.7 Å². The van der Waals surface area contributed by atoms with Crippen LogP contribution >= 0.6 is 11.6 Å². The molecule has 0 amide bonds. The summed E-state index contributed by atoms with van der Waals surface area (Å²) < 4.78 is 41.1. The van der Waals surface area contributed by atoms with Crippen molar-refractivity contribution < 1.29 is 13.2 Å². The van der Waals surface area contributed by atoms with Gasteiger partial charge in [0.05, 0.1) is 0 Å². The number of alkyl halides is 3. The molecule has 2 heterocycles. The molecule has 0 radical (unpaired) electrons. The van der Waals surface area contributed by atoms with Gasteiger partial charge in [-0.25, -0.2) is 4.98 Å². The Kier molecular flexibility index (Phi) is 2.73. The van der Waals surface area contributed by atoms with Crippen LogP contribution in [0.1, 0.15) is 18.1 Å². The smallest absolute Gasteiger partial charge is 0.340 e. The third-order valence-electron chi connectivity index (χ3n) is 3.69. The number of benzene rings is 1. The first-order chi connectivity index (χ1) is 9.34. The topological polar surface area (TPSA) is 24.9 Å². The molecular formula is C14H10ClF3N2. The van der Waals surface area contributed by atoms with Crippen LogP contribution in [0.4, 0.5) is 24.7 Å². The number of aromatic nitrogens is 1. The summed E-state index contributed by atoms with van der Waals surface area (Å²) in [6, 6.07) is 7.39. The Morgan fingerprint density at radius 3 is 2.65 bits per heavy atom. The summed E-state index contributed by atoms with van der Waals surface area (Å²) >= 11 is 5.87. The Morgan fingerprint density at radius 2 is 1.95 bits per heavy atom. The highest BCUT2D eigenvalue weighted by molar-refractivity contribution is 6.30. The van der Waals surface area contributed by atoms with Crippen LogP contribution in [0.5, 0.6) is 0 Å². The lowest BCUT2D eigenvalue weighted by Crippen LogP contribution is -2.43. The molecule has 1 aliphatic heterocycles. The second kappa shape index (κ2) is 4.12. The van der Waals surface area contributed by atoms with Crippen molar-refractivity contribution >= 4 is 23.1 Å². The van der Waals surface area contributed by atoms with Gasteiger partial charge < -0.3 is 5.32 Å². The zero-order valence-electron chi connectivity index (χ0n) is 10.4. The molecule has 20 heavy (non-hydrogen) atoms. The van der Waals surface area contributed by atoms with Crippen LogP contribution in [0.2, 0.25) is 5.02 Å². The summed E-state index contributed by atoms with van der Waals surface area (Å²) in [6.07, 6.45) is -2.99. The largest absolute Gasteiger partial charge is 0.402 e. The predicted octanol–water partition coefficient (Wildman–Crippen LogP) is 4.66. The minimum atomic E-state index is -4.45. The SMILES string of the molecule is CC1(C(F)(F)F)c2cc(Cl)ccc2Nc2ncccc21. The first-order valence-corrected chi connectivity index (χ1v) is 6.31. The summed E-state index contributed by atoms with van der Waals surface area (Å²) in [5.74, 6) is 0.224. The van der Waals surface area contributed by atoms with Crippen LogP contribution in [-0.2, 0) is 5.41 Å². The quantitative estimate of drug-likeness (QED) is 0.765. The molecule has 2 aromatic rings. The molecule has 0 saturated heterocycles. The third-order valence-corrected chi connectivity index (χ3v) is 3.92. The summed E-state index contributed by atoms with van der Waals surface area (Å²) in [4.78, 5) is 4.01. The predicted molar refractivity (Wildman–Crippen MR) is 71.5 cm³/mol. The van der Waals surface area contributed by atoms with Gasteiger partial charge in [-0.3, -0.25) is 0 Å². The molecule has 0 aliphatic carbocycles. The van der Waals surface area contributed by atoms with Crippen LogP contribution in [-0.4, -0.2) is 11.2 Å². The van der Waals surface area contributed by atoms with E-state index in [0.717, 1.165) is 6.92 Å². The molecule has 0 spiro atoms. The molecule has 0 bridgehead atoms. The molecule has 1 aromatic carbocycles.